The number of carboxylic acid groups (broad SMARTS) is 1. The number of carbonyl (C=O) groups excluding carboxylic acids is 2. The number of aromatic nitrogens is 1. The molecule has 0 saturated carbocycles. The lowest BCUT2D eigenvalue weighted by molar-refractivity contribution is -0.166. The van der Waals surface area contributed by atoms with Crippen molar-refractivity contribution in [3.63, 3.8) is 0 Å². The summed E-state index contributed by atoms with van der Waals surface area (Å²) in [5.74, 6) is -2.10. The summed E-state index contributed by atoms with van der Waals surface area (Å²) in [7, 11) is 0. The second kappa shape index (κ2) is 8.26. The van der Waals surface area contributed by atoms with E-state index in [1.165, 1.54) is 0 Å². The van der Waals surface area contributed by atoms with Crippen molar-refractivity contribution in [1.29, 1.82) is 0 Å². The minimum absolute atomic E-state index is 0.194. The zero-order chi connectivity index (χ0) is 21.3. The second-order valence-corrected chi connectivity index (χ2v) is 8.09. The van der Waals surface area contributed by atoms with Crippen molar-refractivity contribution < 1.29 is 19.5 Å². The zero-order valence-corrected chi connectivity index (χ0v) is 16.9. The van der Waals surface area contributed by atoms with E-state index in [1.54, 1.807) is 17.2 Å². The molecule has 30 heavy (non-hydrogen) atoms. The van der Waals surface area contributed by atoms with E-state index >= 15 is 0 Å². The normalized spacial score (nSPS) is 23.8. The Morgan fingerprint density at radius 3 is 2.67 bits per heavy atom. The van der Waals surface area contributed by atoms with Gasteiger partial charge in [0.1, 0.15) is 0 Å². The molecular formula is C23H25N3O4. The first-order valence-electron chi connectivity index (χ1n) is 10.3. The maximum Gasteiger partial charge on any atom is 0.327 e. The number of likely N-dealkylation sites (tertiary alicyclic amines) is 2. The molecule has 0 radical (unpaired) electrons. The molecule has 0 spiro atoms. The van der Waals surface area contributed by atoms with E-state index in [-0.39, 0.29) is 12.3 Å². The number of hydrogen-bond acceptors (Lipinski definition) is 4. The van der Waals surface area contributed by atoms with E-state index in [0.717, 1.165) is 34.6 Å². The van der Waals surface area contributed by atoms with Crippen LogP contribution in [0.2, 0.25) is 0 Å². The van der Waals surface area contributed by atoms with Crippen LogP contribution in [-0.2, 0) is 16.0 Å². The smallest absolute Gasteiger partial charge is 0.327 e. The van der Waals surface area contributed by atoms with Crippen LogP contribution >= 0.6 is 0 Å². The largest absolute Gasteiger partial charge is 0.480 e. The number of β-lactam (4-membered cyclic amide) rings is 1. The van der Waals surface area contributed by atoms with E-state index in [1.807, 2.05) is 43.3 Å². The summed E-state index contributed by atoms with van der Waals surface area (Å²) < 4.78 is 0. The Hall–Kier alpha value is -3.22. The first kappa shape index (κ1) is 20.1. The number of benzene rings is 1. The first-order valence-corrected chi connectivity index (χ1v) is 10.3. The van der Waals surface area contributed by atoms with E-state index < -0.39 is 29.9 Å². The van der Waals surface area contributed by atoms with Crippen molar-refractivity contribution in [2.75, 3.05) is 13.1 Å². The minimum Gasteiger partial charge on any atom is -0.480 e. The third kappa shape index (κ3) is 3.79. The molecule has 2 saturated heterocycles. The molecule has 1 unspecified atom stereocenters. The molecule has 3 amide bonds. The average molecular weight is 407 g/mol. The van der Waals surface area contributed by atoms with Crippen molar-refractivity contribution in [3.05, 3.63) is 65.5 Å². The van der Waals surface area contributed by atoms with Crippen molar-refractivity contribution in [2.45, 2.75) is 38.1 Å². The van der Waals surface area contributed by atoms with Crippen LogP contribution in [0.3, 0.4) is 0 Å². The number of pyridine rings is 1. The number of carboxylic acids is 1. The maximum atomic E-state index is 13.1. The molecule has 0 aliphatic carbocycles. The fourth-order valence-corrected chi connectivity index (χ4v) is 4.53. The molecule has 0 bridgehead atoms. The van der Waals surface area contributed by atoms with Crippen molar-refractivity contribution >= 4 is 17.9 Å². The fraction of sp³-hybridized carbons (Fsp3) is 0.391. The van der Waals surface area contributed by atoms with Crippen LogP contribution in [0.5, 0.6) is 0 Å². The Balaban J connectivity index is 1.48. The van der Waals surface area contributed by atoms with Gasteiger partial charge in [0.15, 0.2) is 6.04 Å². The fourth-order valence-electron chi connectivity index (χ4n) is 4.53. The molecule has 156 valence electrons. The monoisotopic (exact) mass is 407 g/mol. The van der Waals surface area contributed by atoms with Gasteiger partial charge in [-0.2, -0.15) is 0 Å². The average Bonchev–Trinajstić information content (AvgIpc) is 2.75. The minimum atomic E-state index is -1.14. The van der Waals surface area contributed by atoms with Gasteiger partial charge in [0, 0.05) is 30.9 Å². The number of aliphatic carboxylic acids is 1. The van der Waals surface area contributed by atoms with Crippen LogP contribution in [0.4, 0.5) is 4.79 Å². The van der Waals surface area contributed by atoms with E-state index in [0.29, 0.717) is 13.1 Å². The van der Waals surface area contributed by atoms with Gasteiger partial charge in [0.2, 0.25) is 5.91 Å². The molecule has 2 fully saturated rings. The Morgan fingerprint density at radius 1 is 1.20 bits per heavy atom. The molecule has 1 aromatic heterocycles. The highest BCUT2D eigenvalue weighted by Gasteiger charge is 2.55. The van der Waals surface area contributed by atoms with Gasteiger partial charge in [0.05, 0.1) is 5.92 Å². The Kier molecular flexibility index (Phi) is 5.53. The highest BCUT2D eigenvalue weighted by atomic mass is 16.4. The summed E-state index contributed by atoms with van der Waals surface area (Å²) in [6.45, 7) is 2.87. The quantitative estimate of drug-likeness (QED) is 0.787. The molecule has 3 atom stereocenters. The summed E-state index contributed by atoms with van der Waals surface area (Å²) in [5, 5.41) is 9.72. The number of rotatable bonds is 4. The molecule has 4 rings (SSSR count). The number of amides is 3. The van der Waals surface area contributed by atoms with Crippen molar-refractivity contribution in [2.24, 2.45) is 5.92 Å². The Labute approximate surface area is 175 Å². The van der Waals surface area contributed by atoms with Crippen LogP contribution in [0, 0.1) is 12.8 Å². The predicted octanol–water partition coefficient (Wildman–Crippen LogP) is 2.84. The number of nitrogens with zero attached hydrogens (tertiary/aromatic N) is 3. The molecule has 7 nitrogen and oxygen atoms in total. The van der Waals surface area contributed by atoms with Gasteiger partial charge in [-0.3, -0.25) is 9.78 Å². The molecular weight excluding hydrogens is 382 g/mol. The molecule has 2 aliphatic rings. The number of imide groups is 1. The SMILES string of the molecule is Cc1cc(C[C@H]2C(=O)N(C(=O)N3CCCC(c4ccccc4)C3)[C@@H]2C(=O)O)ccn1. The second-order valence-electron chi connectivity index (χ2n) is 8.09. The number of piperidine rings is 1. The van der Waals surface area contributed by atoms with Gasteiger partial charge < -0.3 is 10.0 Å². The van der Waals surface area contributed by atoms with Gasteiger partial charge in [0.25, 0.3) is 0 Å². The van der Waals surface area contributed by atoms with E-state index in [4.69, 9.17) is 0 Å². The Morgan fingerprint density at radius 2 is 1.97 bits per heavy atom. The lowest BCUT2D eigenvalue weighted by Crippen LogP contribution is -2.69. The Bertz CT molecular complexity index is 962. The van der Waals surface area contributed by atoms with E-state index in [9.17, 15) is 19.5 Å². The topological polar surface area (TPSA) is 90.8 Å². The van der Waals surface area contributed by atoms with Crippen LogP contribution in [0.15, 0.2) is 48.7 Å². The zero-order valence-electron chi connectivity index (χ0n) is 16.9. The van der Waals surface area contributed by atoms with Crippen LogP contribution in [0.25, 0.3) is 0 Å². The lowest BCUT2D eigenvalue weighted by Gasteiger charge is -2.46. The van der Waals surface area contributed by atoms with Crippen molar-refractivity contribution in [3.8, 4) is 0 Å². The number of aryl methyl sites for hydroxylation is 1. The third-order valence-electron chi connectivity index (χ3n) is 6.05. The molecule has 1 aromatic carbocycles. The van der Waals surface area contributed by atoms with Crippen LogP contribution in [-0.4, -0.2) is 56.9 Å². The highest BCUT2D eigenvalue weighted by Crippen LogP contribution is 2.34. The van der Waals surface area contributed by atoms with Gasteiger partial charge in [-0.05, 0) is 49.4 Å². The van der Waals surface area contributed by atoms with Gasteiger partial charge in [-0.25, -0.2) is 14.5 Å². The summed E-state index contributed by atoms with van der Waals surface area (Å²) in [4.78, 5) is 44.5. The molecule has 2 aliphatic heterocycles. The van der Waals surface area contributed by atoms with Gasteiger partial charge in [-0.1, -0.05) is 30.3 Å². The molecule has 2 aromatic rings. The van der Waals surface area contributed by atoms with E-state index in [2.05, 4.69) is 4.98 Å². The summed E-state index contributed by atoms with van der Waals surface area (Å²) in [6, 6.07) is 12.0. The molecule has 1 N–H and O–H groups in total. The lowest BCUT2D eigenvalue weighted by atomic mass is 9.82. The summed E-state index contributed by atoms with van der Waals surface area (Å²) in [5.41, 5.74) is 2.81. The van der Waals surface area contributed by atoms with Crippen LogP contribution < -0.4 is 0 Å². The maximum absolute atomic E-state index is 13.1. The third-order valence-corrected chi connectivity index (χ3v) is 6.05. The van der Waals surface area contributed by atoms with Gasteiger partial charge >= 0.3 is 12.0 Å². The number of urea groups is 1. The van der Waals surface area contributed by atoms with Crippen molar-refractivity contribution in [1.82, 2.24) is 14.8 Å². The molecule has 7 heteroatoms. The highest BCUT2D eigenvalue weighted by molar-refractivity contribution is 6.07. The standard InChI is InChI=1S/C23H25N3O4/c1-15-12-16(9-10-24-15)13-19-20(22(28)29)26(21(19)27)23(30)25-11-5-8-18(14-25)17-6-3-2-4-7-17/h2-4,6-7,9-10,12,18-20H,5,8,11,13-14H2,1H3,(H,28,29)/t18?,19-,20+/m1/s1. The first-order chi connectivity index (χ1) is 14.5. The number of hydrogen-bond donors (Lipinski definition) is 1. The summed E-state index contributed by atoms with van der Waals surface area (Å²) >= 11 is 0. The van der Waals surface area contributed by atoms with Crippen LogP contribution in [0.1, 0.15) is 35.6 Å². The molecule has 3 heterocycles. The summed E-state index contributed by atoms with van der Waals surface area (Å²) in [6.07, 6.45) is 3.72. The van der Waals surface area contributed by atoms with Gasteiger partial charge in [-0.15, -0.1) is 0 Å². The predicted molar refractivity (Wildman–Crippen MR) is 110 cm³/mol. The number of carbonyl (C=O) groups is 3.